The zero-order valence-electron chi connectivity index (χ0n) is 10.8. The molecule has 0 atom stereocenters. The van der Waals surface area contributed by atoms with Crippen LogP contribution in [0.4, 0.5) is 0 Å². The number of carboxylic acids is 1. The third-order valence-corrected chi connectivity index (χ3v) is 2.64. The maximum Gasteiger partial charge on any atom is 0.303 e. The van der Waals surface area contributed by atoms with Crippen molar-refractivity contribution in [2.24, 2.45) is 0 Å². The number of amides is 1. The molecule has 0 saturated heterocycles. The number of benzene rings is 1. The summed E-state index contributed by atoms with van der Waals surface area (Å²) >= 11 is 0. The highest BCUT2D eigenvalue weighted by Gasteiger charge is 2.07. The SMILES string of the molecule is CCC(=O)c1ccc(C(=O)NCCCC(=O)O)cc1. The van der Waals surface area contributed by atoms with Gasteiger partial charge in [0.2, 0.25) is 0 Å². The number of carbonyl (C=O) groups excluding carboxylic acids is 2. The van der Waals surface area contributed by atoms with Gasteiger partial charge in [0.05, 0.1) is 0 Å². The lowest BCUT2D eigenvalue weighted by Crippen LogP contribution is -2.24. The molecule has 0 saturated carbocycles. The van der Waals surface area contributed by atoms with Gasteiger partial charge in [0.15, 0.2) is 5.78 Å². The van der Waals surface area contributed by atoms with Crippen LogP contribution in [-0.2, 0) is 4.79 Å². The Labute approximate surface area is 111 Å². The highest BCUT2D eigenvalue weighted by Crippen LogP contribution is 2.07. The van der Waals surface area contributed by atoms with Crippen LogP contribution in [0.3, 0.4) is 0 Å². The number of carbonyl (C=O) groups is 3. The zero-order chi connectivity index (χ0) is 14.3. The monoisotopic (exact) mass is 263 g/mol. The Balaban J connectivity index is 2.49. The van der Waals surface area contributed by atoms with Gasteiger partial charge in [-0.05, 0) is 18.6 Å². The zero-order valence-corrected chi connectivity index (χ0v) is 10.8. The number of Topliss-reactive ketones (excluding diaryl/α,β-unsaturated/α-hetero) is 1. The van der Waals surface area contributed by atoms with Gasteiger partial charge in [-0.3, -0.25) is 14.4 Å². The predicted octanol–water partition coefficient (Wildman–Crippen LogP) is 1.87. The summed E-state index contributed by atoms with van der Waals surface area (Å²) in [7, 11) is 0. The van der Waals surface area contributed by atoms with Crippen molar-refractivity contribution in [1.29, 1.82) is 0 Å². The Hall–Kier alpha value is -2.17. The molecule has 5 heteroatoms. The van der Waals surface area contributed by atoms with Crippen LogP contribution in [0.5, 0.6) is 0 Å². The molecule has 102 valence electrons. The molecule has 0 unspecified atom stereocenters. The number of hydrogen-bond acceptors (Lipinski definition) is 3. The quantitative estimate of drug-likeness (QED) is 0.581. The standard InChI is InChI=1S/C14H17NO4/c1-2-12(16)10-5-7-11(8-6-10)14(19)15-9-3-4-13(17)18/h5-8H,2-4,9H2,1H3,(H,15,19)(H,17,18). The maximum atomic E-state index is 11.7. The lowest BCUT2D eigenvalue weighted by Gasteiger charge is -2.05. The molecule has 0 radical (unpaired) electrons. The first-order valence-electron chi connectivity index (χ1n) is 6.18. The normalized spacial score (nSPS) is 9.95. The second-order valence-corrected chi connectivity index (χ2v) is 4.11. The van der Waals surface area contributed by atoms with Crippen LogP contribution in [0.1, 0.15) is 46.9 Å². The number of nitrogens with one attached hydrogen (secondary N) is 1. The molecule has 1 aromatic carbocycles. The molecular formula is C14H17NO4. The van der Waals surface area contributed by atoms with Crippen molar-refractivity contribution in [2.75, 3.05) is 6.54 Å². The number of aliphatic carboxylic acids is 1. The molecule has 19 heavy (non-hydrogen) atoms. The topological polar surface area (TPSA) is 83.5 Å². The molecule has 1 amide bonds. The van der Waals surface area contributed by atoms with E-state index in [1.807, 2.05) is 0 Å². The van der Waals surface area contributed by atoms with E-state index in [1.54, 1.807) is 31.2 Å². The summed E-state index contributed by atoms with van der Waals surface area (Å²) < 4.78 is 0. The van der Waals surface area contributed by atoms with Crippen molar-refractivity contribution in [3.63, 3.8) is 0 Å². The fourth-order valence-electron chi connectivity index (χ4n) is 1.56. The van der Waals surface area contributed by atoms with Crippen molar-refractivity contribution in [3.8, 4) is 0 Å². The lowest BCUT2D eigenvalue weighted by atomic mass is 10.1. The molecule has 0 heterocycles. The number of carboxylic acid groups (broad SMARTS) is 1. The van der Waals surface area contributed by atoms with Gasteiger partial charge in [-0.25, -0.2) is 0 Å². The van der Waals surface area contributed by atoms with Crippen LogP contribution < -0.4 is 5.32 Å². The van der Waals surface area contributed by atoms with Crippen LogP contribution in [-0.4, -0.2) is 29.3 Å². The average Bonchev–Trinajstić information content (AvgIpc) is 2.42. The molecule has 0 aliphatic heterocycles. The minimum absolute atomic E-state index is 0.0320. The van der Waals surface area contributed by atoms with E-state index in [4.69, 9.17) is 5.11 Å². The average molecular weight is 263 g/mol. The maximum absolute atomic E-state index is 11.7. The van der Waals surface area contributed by atoms with E-state index >= 15 is 0 Å². The van der Waals surface area contributed by atoms with Crippen molar-refractivity contribution in [2.45, 2.75) is 26.2 Å². The molecule has 0 bridgehead atoms. The predicted molar refractivity (Wildman–Crippen MR) is 70.3 cm³/mol. The fourth-order valence-corrected chi connectivity index (χ4v) is 1.56. The van der Waals surface area contributed by atoms with E-state index in [1.165, 1.54) is 0 Å². The highest BCUT2D eigenvalue weighted by molar-refractivity contribution is 5.98. The van der Waals surface area contributed by atoms with E-state index < -0.39 is 5.97 Å². The molecule has 0 aliphatic rings. The van der Waals surface area contributed by atoms with Crippen LogP contribution in [0, 0.1) is 0 Å². The Morgan fingerprint density at radius 2 is 1.68 bits per heavy atom. The second kappa shape index (κ2) is 7.31. The summed E-state index contributed by atoms with van der Waals surface area (Å²) in [5.41, 5.74) is 1.05. The van der Waals surface area contributed by atoms with Crippen molar-refractivity contribution >= 4 is 17.7 Å². The first-order chi connectivity index (χ1) is 9.04. The lowest BCUT2D eigenvalue weighted by molar-refractivity contribution is -0.137. The summed E-state index contributed by atoms with van der Waals surface area (Å²) in [6.45, 7) is 2.10. The molecule has 0 aliphatic carbocycles. The first kappa shape index (κ1) is 14.9. The number of hydrogen-bond donors (Lipinski definition) is 2. The first-order valence-corrected chi connectivity index (χ1v) is 6.18. The van der Waals surface area contributed by atoms with E-state index in [2.05, 4.69) is 5.32 Å². The third-order valence-electron chi connectivity index (χ3n) is 2.64. The molecule has 5 nitrogen and oxygen atoms in total. The van der Waals surface area contributed by atoms with Crippen LogP contribution in [0.2, 0.25) is 0 Å². The summed E-state index contributed by atoms with van der Waals surface area (Å²) in [5.74, 6) is -1.11. The van der Waals surface area contributed by atoms with E-state index in [9.17, 15) is 14.4 Å². The Morgan fingerprint density at radius 1 is 1.11 bits per heavy atom. The van der Waals surface area contributed by atoms with Crippen LogP contribution in [0.15, 0.2) is 24.3 Å². The van der Waals surface area contributed by atoms with Crippen molar-refractivity contribution in [1.82, 2.24) is 5.32 Å². The van der Waals surface area contributed by atoms with Crippen LogP contribution >= 0.6 is 0 Å². The van der Waals surface area contributed by atoms with Gasteiger partial charge in [0.1, 0.15) is 0 Å². The van der Waals surface area contributed by atoms with Gasteiger partial charge in [0, 0.05) is 30.5 Å². The Kier molecular flexibility index (Phi) is 5.73. The summed E-state index contributed by atoms with van der Waals surface area (Å²) in [5, 5.41) is 11.1. The minimum Gasteiger partial charge on any atom is -0.481 e. The summed E-state index contributed by atoms with van der Waals surface area (Å²) in [6, 6.07) is 6.43. The molecule has 2 N–H and O–H groups in total. The molecule has 0 spiro atoms. The van der Waals surface area contributed by atoms with Gasteiger partial charge < -0.3 is 10.4 Å². The van der Waals surface area contributed by atoms with Gasteiger partial charge in [0.25, 0.3) is 5.91 Å². The van der Waals surface area contributed by atoms with E-state index in [0.717, 1.165) is 0 Å². The summed E-state index contributed by atoms with van der Waals surface area (Å²) in [6.07, 6.45) is 0.860. The molecular weight excluding hydrogens is 246 g/mol. The highest BCUT2D eigenvalue weighted by atomic mass is 16.4. The Bertz CT molecular complexity index is 465. The molecule has 1 aromatic rings. The van der Waals surface area contributed by atoms with Gasteiger partial charge >= 0.3 is 5.97 Å². The largest absolute Gasteiger partial charge is 0.481 e. The van der Waals surface area contributed by atoms with Gasteiger partial charge in [-0.15, -0.1) is 0 Å². The number of rotatable bonds is 7. The van der Waals surface area contributed by atoms with E-state index in [0.29, 0.717) is 30.5 Å². The van der Waals surface area contributed by atoms with Gasteiger partial charge in [-0.1, -0.05) is 19.1 Å². The van der Waals surface area contributed by atoms with E-state index in [-0.39, 0.29) is 18.1 Å². The molecule has 0 fully saturated rings. The second-order valence-electron chi connectivity index (χ2n) is 4.11. The molecule has 0 aromatic heterocycles. The van der Waals surface area contributed by atoms with Gasteiger partial charge in [-0.2, -0.15) is 0 Å². The molecule has 1 rings (SSSR count). The minimum atomic E-state index is -0.878. The van der Waals surface area contributed by atoms with Crippen LogP contribution in [0.25, 0.3) is 0 Å². The summed E-state index contributed by atoms with van der Waals surface area (Å²) in [4.78, 5) is 33.4. The van der Waals surface area contributed by atoms with Crippen molar-refractivity contribution in [3.05, 3.63) is 35.4 Å². The fraction of sp³-hybridized carbons (Fsp3) is 0.357. The Morgan fingerprint density at radius 3 is 2.21 bits per heavy atom. The number of ketones is 1. The smallest absolute Gasteiger partial charge is 0.303 e. The van der Waals surface area contributed by atoms with Crippen molar-refractivity contribution < 1.29 is 19.5 Å². The third kappa shape index (κ3) is 4.91.